The molecule has 3 aromatic rings. The van der Waals surface area contributed by atoms with Crippen LogP contribution < -0.4 is 5.56 Å². The number of hydrogen-bond acceptors (Lipinski definition) is 5. The molecular weight excluding hydrogens is 272 g/mol. The molecular formula is C14H10N4O3. The monoisotopic (exact) mass is 282 g/mol. The van der Waals surface area contributed by atoms with Gasteiger partial charge in [0.1, 0.15) is 5.52 Å². The third kappa shape index (κ3) is 2.48. The first-order valence-corrected chi connectivity index (χ1v) is 6.21. The van der Waals surface area contributed by atoms with Gasteiger partial charge in [0, 0.05) is 12.1 Å². The van der Waals surface area contributed by atoms with E-state index in [0.29, 0.717) is 16.5 Å². The van der Waals surface area contributed by atoms with Crippen LogP contribution in [0.15, 0.2) is 53.3 Å². The summed E-state index contributed by atoms with van der Waals surface area (Å²) in [6, 6.07) is 13.0. The maximum Gasteiger partial charge on any atom is 0.277 e. The van der Waals surface area contributed by atoms with Crippen LogP contribution in [0.2, 0.25) is 0 Å². The van der Waals surface area contributed by atoms with Crippen molar-refractivity contribution in [2.45, 2.75) is 6.54 Å². The molecule has 0 fully saturated rings. The molecule has 3 rings (SSSR count). The fourth-order valence-corrected chi connectivity index (χ4v) is 2.07. The summed E-state index contributed by atoms with van der Waals surface area (Å²) in [5.41, 5.74) is 0.857. The normalized spacial score (nSPS) is 10.7. The average Bonchev–Trinajstić information content (AvgIpc) is 2.51. The number of hydrogen-bond donors (Lipinski definition) is 0. The van der Waals surface area contributed by atoms with Crippen LogP contribution in [0.4, 0.5) is 5.69 Å². The van der Waals surface area contributed by atoms with Crippen molar-refractivity contribution < 1.29 is 4.92 Å². The Balaban J connectivity index is 2.02. The van der Waals surface area contributed by atoms with E-state index in [1.165, 1.54) is 16.8 Å². The molecule has 0 saturated carbocycles. The van der Waals surface area contributed by atoms with Gasteiger partial charge in [-0.05, 0) is 17.7 Å². The average molecular weight is 282 g/mol. The number of benzene rings is 2. The maximum absolute atomic E-state index is 12.3. The van der Waals surface area contributed by atoms with Crippen LogP contribution in [0.5, 0.6) is 0 Å². The second kappa shape index (κ2) is 5.12. The smallest absolute Gasteiger partial charge is 0.267 e. The minimum Gasteiger partial charge on any atom is -0.267 e. The van der Waals surface area contributed by atoms with Gasteiger partial charge in [0.2, 0.25) is 0 Å². The zero-order chi connectivity index (χ0) is 14.8. The molecule has 2 aromatic carbocycles. The quantitative estimate of drug-likeness (QED) is 0.539. The number of fused-ring (bicyclic) bond motifs is 1. The molecule has 0 bridgehead atoms. The summed E-state index contributed by atoms with van der Waals surface area (Å²) in [4.78, 5) is 22.6. The highest BCUT2D eigenvalue weighted by atomic mass is 16.6. The van der Waals surface area contributed by atoms with Gasteiger partial charge in [-0.15, -0.1) is 5.10 Å². The van der Waals surface area contributed by atoms with Gasteiger partial charge in [-0.25, -0.2) is 4.68 Å². The second-order valence-corrected chi connectivity index (χ2v) is 4.50. The molecule has 1 aromatic heterocycles. The van der Waals surface area contributed by atoms with Crippen LogP contribution in [0.25, 0.3) is 10.9 Å². The summed E-state index contributed by atoms with van der Waals surface area (Å²) in [6.07, 6.45) is 0. The van der Waals surface area contributed by atoms with Gasteiger partial charge in [-0.3, -0.25) is 14.9 Å². The van der Waals surface area contributed by atoms with Crippen molar-refractivity contribution in [2.75, 3.05) is 0 Å². The van der Waals surface area contributed by atoms with Gasteiger partial charge in [0.15, 0.2) is 0 Å². The first kappa shape index (κ1) is 12.9. The lowest BCUT2D eigenvalue weighted by molar-refractivity contribution is -0.384. The fourth-order valence-electron chi connectivity index (χ4n) is 2.07. The maximum atomic E-state index is 12.3. The Labute approximate surface area is 118 Å². The van der Waals surface area contributed by atoms with E-state index in [4.69, 9.17) is 0 Å². The lowest BCUT2D eigenvalue weighted by atomic mass is 10.2. The van der Waals surface area contributed by atoms with Crippen molar-refractivity contribution in [3.05, 3.63) is 74.6 Å². The molecule has 0 aliphatic heterocycles. The van der Waals surface area contributed by atoms with E-state index in [0.717, 1.165) is 0 Å². The number of aromatic nitrogens is 3. The van der Waals surface area contributed by atoms with Crippen LogP contribution in [-0.4, -0.2) is 19.9 Å². The van der Waals surface area contributed by atoms with Gasteiger partial charge in [-0.1, -0.05) is 29.5 Å². The van der Waals surface area contributed by atoms with Gasteiger partial charge < -0.3 is 0 Å². The highest BCUT2D eigenvalue weighted by Crippen LogP contribution is 2.13. The molecule has 104 valence electrons. The van der Waals surface area contributed by atoms with Crippen molar-refractivity contribution in [1.82, 2.24) is 15.0 Å². The van der Waals surface area contributed by atoms with Gasteiger partial charge in [-0.2, -0.15) is 0 Å². The number of rotatable bonds is 3. The Bertz CT molecular complexity index is 889. The third-order valence-corrected chi connectivity index (χ3v) is 3.08. The minimum atomic E-state index is -0.474. The van der Waals surface area contributed by atoms with Crippen molar-refractivity contribution in [2.24, 2.45) is 0 Å². The Hall–Kier alpha value is -3.09. The fraction of sp³-hybridized carbons (Fsp3) is 0.0714. The number of non-ortho nitro benzene ring substituents is 1. The molecule has 0 amide bonds. The predicted octanol–water partition coefficient (Wildman–Crippen LogP) is 1.75. The Morgan fingerprint density at radius 1 is 1.14 bits per heavy atom. The lowest BCUT2D eigenvalue weighted by Crippen LogP contribution is -2.24. The van der Waals surface area contributed by atoms with Crippen LogP contribution >= 0.6 is 0 Å². The first-order valence-electron chi connectivity index (χ1n) is 6.21. The molecule has 0 radical (unpaired) electrons. The molecule has 0 N–H and O–H groups in total. The predicted molar refractivity (Wildman–Crippen MR) is 76.0 cm³/mol. The van der Waals surface area contributed by atoms with Crippen LogP contribution in [0, 0.1) is 10.1 Å². The summed E-state index contributed by atoms with van der Waals surface area (Å²) in [6.45, 7) is 0.137. The Kier molecular flexibility index (Phi) is 3.15. The minimum absolute atomic E-state index is 0.0192. The molecule has 0 aliphatic carbocycles. The van der Waals surface area contributed by atoms with Gasteiger partial charge in [0.05, 0.1) is 16.9 Å². The third-order valence-electron chi connectivity index (χ3n) is 3.08. The molecule has 0 spiro atoms. The molecule has 1 heterocycles. The summed E-state index contributed by atoms with van der Waals surface area (Å²) < 4.78 is 1.20. The van der Waals surface area contributed by atoms with E-state index in [1.54, 1.807) is 36.4 Å². The molecule has 7 nitrogen and oxygen atoms in total. The molecule has 0 aliphatic rings. The van der Waals surface area contributed by atoms with Crippen molar-refractivity contribution in [1.29, 1.82) is 0 Å². The zero-order valence-corrected chi connectivity index (χ0v) is 10.8. The summed E-state index contributed by atoms with van der Waals surface area (Å²) >= 11 is 0. The molecule has 0 atom stereocenters. The van der Waals surface area contributed by atoms with Crippen LogP contribution in [-0.2, 0) is 6.54 Å². The van der Waals surface area contributed by atoms with Crippen LogP contribution in [0.3, 0.4) is 0 Å². The highest BCUT2D eigenvalue weighted by molar-refractivity contribution is 5.76. The van der Waals surface area contributed by atoms with Crippen molar-refractivity contribution in [3.8, 4) is 0 Å². The van der Waals surface area contributed by atoms with Gasteiger partial charge in [0.25, 0.3) is 11.2 Å². The lowest BCUT2D eigenvalue weighted by Gasteiger charge is -2.04. The van der Waals surface area contributed by atoms with Gasteiger partial charge >= 0.3 is 0 Å². The second-order valence-electron chi connectivity index (χ2n) is 4.50. The van der Waals surface area contributed by atoms with E-state index >= 15 is 0 Å². The summed E-state index contributed by atoms with van der Waals surface area (Å²) in [7, 11) is 0. The van der Waals surface area contributed by atoms with E-state index in [2.05, 4.69) is 10.3 Å². The summed E-state index contributed by atoms with van der Waals surface area (Å²) in [5.74, 6) is 0. The van der Waals surface area contributed by atoms with E-state index in [-0.39, 0.29) is 17.8 Å². The van der Waals surface area contributed by atoms with Crippen molar-refractivity contribution >= 4 is 16.6 Å². The molecule has 21 heavy (non-hydrogen) atoms. The van der Waals surface area contributed by atoms with E-state index in [9.17, 15) is 14.9 Å². The zero-order valence-electron chi connectivity index (χ0n) is 10.8. The van der Waals surface area contributed by atoms with Crippen molar-refractivity contribution in [3.63, 3.8) is 0 Å². The number of nitrogens with zero attached hydrogens (tertiary/aromatic N) is 4. The first-order chi connectivity index (χ1) is 10.1. The largest absolute Gasteiger partial charge is 0.277 e. The standard InChI is InChI=1S/C14H10N4O3/c19-14-12-6-1-2-7-13(12)15-16-17(14)9-10-4-3-5-11(8-10)18(20)21/h1-8H,9H2. The number of nitro groups is 1. The number of nitro benzene ring substituents is 1. The Morgan fingerprint density at radius 2 is 1.95 bits per heavy atom. The molecule has 7 heteroatoms. The Morgan fingerprint density at radius 3 is 2.76 bits per heavy atom. The summed E-state index contributed by atoms with van der Waals surface area (Å²) in [5, 5.41) is 19.1. The van der Waals surface area contributed by atoms with E-state index in [1.807, 2.05) is 0 Å². The molecule has 0 saturated heterocycles. The topological polar surface area (TPSA) is 90.9 Å². The molecule has 0 unspecified atom stereocenters. The highest BCUT2D eigenvalue weighted by Gasteiger charge is 2.09. The van der Waals surface area contributed by atoms with Crippen LogP contribution in [0.1, 0.15) is 5.56 Å². The van der Waals surface area contributed by atoms with E-state index < -0.39 is 4.92 Å². The SMILES string of the molecule is O=c1c2ccccc2nnn1Cc1cccc([N+](=O)[O-])c1.